The molecule has 0 amide bonds. The van der Waals surface area contributed by atoms with Gasteiger partial charge in [-0.05, 0) is 60.8 Å². The van der Waals surface area contributed by atoms with Crippen LogP contribution in [0.4, 0.5) is 5.69 Å². The van der Waals surface area contributed by atoms with Crippen molar-refractivity contribution < 1.29 is 9.53 Å². The Balaban J connectivity index is 2.71. The van der Waals surface area contributed by atoms with Crippen molar-refractivity contribution in [1.29, 1.82) is 0 Å². The van der Waals surface area contributed by atoms with Crippen LogP contribution in [0.3, 0.4) is 0 Å². The molecule has 0 radical (unpaired) electrons. The van der Waals surface area contributed by atoms with E-state index in [0.29, 0.717) is 18.2 Å². The third-order valence-corrected chi connectivity index (χ3v) is 3.34. The summed E-state index contributed by atoms with van der Waals surface area (Å²) in [6, 6.07) is 5.79. The summed E-state index contributed by atoms with van der Waals surface area (Å²) in [5.41, 5.74) is 1.53. The Morgan fingerprint density at radius 1 is 1.58 bits per heavy atom. The molecular weight excluding hydrogens is 306 g/mol. The van der Waals surface area contributed by atoms with Gasteiger partial charge in [0.25, 0.3) is 0 Å². The molecule has 1 N–H and O–H groups in total. The lowest BCUT2D eigenvalue weighted by Crippen LogP contribution is -2.15. The van der Waals surface area contributed by atoms with E-state index in [-0.39, 0.29) is 5.97 Å². The predicted molar refractivity (Wildman–Crippen MR) is 82.6 cm³/mol. The third kappa shape index (κ3) is 5.07. The fourth-order valence-corrected chi connectivity index (χ4v) is 2.17. The normalized spacial score (nSPS) is 11.7. The van der Waals surface area contributed by atoms with Crippen molar-refractivity contribution in [3.05, 3.63) is 40.9 Å². The van der Waals surface area contributed by atoms with Crippen molar-refractivity contribution >= 4 is 27.6 Å². The largest absolute Gasteiger partial charge is 0.462 e. The number of allylic oxidation sites excluding steroid dienone is 1. The summed E-state index contributed by atoms with van der Waals surface area (Å²) in [6.45, 7) is 8.02. The van der Waals surface area contributed by atoms with Gasteiger partial charge in [0.2, 0.25) is 0 Å². The molecule has 0 spiro atoms. The van der Waals surface area contributed by atoms with Crippen molar-refractivity contribution in [3.8, 4) is 0 Å². The monoisotopic (exact) mass is 325 g/mol. The van der Waals surface area contributed by atoms with Gasteiger partial charge in [-0.15, -0.1) is 6.58 Å². The molecule has 1 aromatic carbocycles. The molecule has 1 atom stereocenters. The predicted octanol–water partition coefficient (Wildman–Crippen LogP) is 4.39. The van der Waals surface area contributed by atoms with E-state index in [2.05, 4.69) is 34.7 Å². The number of nitrogens with one attached hydrogen (secondary N) is 1. The number of esters is 1. The van der Waals surface area contributed by atoms with Crippen molar-refractivity contribution in [2.45, 2.75) is 32.7 Å². The van der Waals surface area contributed by atoms with Gasteiger partial charge in [-0.2, -0.15) is 0 Å². The molecule has 0 aromatic heterocycles. The van der Waals surface area contributed by atoms with Gasteiger partial charge in [-0.25, -0.2) is 4.79 Å². The van der Waals surface area contributed by atoms with Crippen LogP contribution in [0, 0.1) is 0 Å². The van der Waals surface area contributed by atoms with Gasteiger partial charge in [-0.1, -0.05) is 6.08 Å². The van der Waals surface area contributed by atoms with E-state index >= 15 is 0 Å². The fraction of sp³-hybridized carbons (Fsp3) is 0.400. The molecule has 0 saturated carbocycles. The van der Waals surface area contributed by atoms with Crippen LogP contribution in [0.5, 0.6) is 0 Å². The molecule has 0 heterocycles. The maximum absolute atomic E-state index is 11.6. The van der Waals surface area contributed by atoms with Crippen LogP contribution in [-0.2, 0) is 4.74 Å². The highest BCUT2D eigenvalue weighted by atomic mass is 79.9. The van der Waals surface area contributed by atoms with Gasteiger partial charge in [-0.3, -0.25) is 0 Å². The van der Waals surface area contributed by atoms with Crippen LogP contribution in [0.15, 0.2) is 35.3 Å². The summed E-state index contributed by atoms with van der Waals surface area (Å²) in [6.07, 6.45) is 3.92. The van der Waals surface area contributed by atoms with Crippen LogP contribution in [0.25, 0.3) is 0 Å². The number of anilines is 1. The molecule has 1 rings (SSSR count). The number of hydrogen-bond donors (Lipinski definition) is 1. The minimum absolute atomic E-state index is 0.297. The molecule has 19 heavy (non-hydrogen) atoms. The van der Waals surface area contributed by atoms with Crippen molar-refractivity contribution in [3.63, 3.8) is 0 Å². The second-order valence-corrected chi connectivity index (χ2v) is 5.18. The second-order valence-electron chi connectivity index (χ2n) is 4.33. The standard InChI is InChI=1S/C15H20BrNO2/c1-4-6-7-11(3)17-14-9-8-12(10-13(14)16)15(18)19-5-2/h4,8-11,17H,1,5-7H2,2-3H3. The highest BCUT2D eigenvalue weighted by Crippen LogP contribution is 2.25. The molecule has 1 aromatic rings. The Hall–Kier alpha value is -1.29. The topological polar surface area (TPSA) is 38.3 Å². The average Bonchev–Trinajstić information content (AvgIpc) is 2.39. The SMILES string of the molecule is C=CCCC(C)Nc1ccc(C(=O)OCC)cc1Br. The fourth-order valence-electron chi connectivity index (χ4n) is 1.68. The Bertz CT molecular complexity index is 446. The molecule has 0 bridgehead atoms. The van der Waals surface area contributed by atoms with E-state index in [1.807, 2.05) is 12.1 Å². The zero-order chi connectivity index (χ0) is 14.3. The van der Waals surface area contributed by atoms with Crippen LogP contribution in [0.1, 0.15) is 37.0 Å². The molecule has 0 aliphatic carbocycles. The van der Waals surface area contributed by atoms with Gasteiger partial charge in [0.1, 0.15) is 0 Å². The molecule has 104 valence electrons. The molecule has 0 saturated heterocycles. The van der Waals surface area contributed by atoms with Crippen LogP contribution in [-0.4, -0.2) is 18.6 Å². The number of hydrogen-bond acceptors (Lipinski definition) is 3. The molecular formula is C15H20BrNO2. The summed E-state index contributed by atoms with van der Waals surface area (Å²) in [7, 11) is 0. The van der Waals surface area contributed by atoms with E-state index in [1.54, 1.807) is 19.1 Å². The lowest BCUT2D eigenvalue weighted by atomic mass is 10.1. The van der Waals surface area contributed by atoms with Crippen molar-refractivity contribution in [1.82, 2.24) is 0 Å². The second kappa shape index (κ2) is 8.00. The Morgan fingerprint density at radius 2 is 2.32 bits per heavy atom. The summed E-state index contributed by atoms with van der Waals surface area (Å²) >= 11 is 3.47. The number of carbonyl (C=O) groups excluding carboxylic acids is 1. The summed E-state index contributed by atoms with van der Waals surface area (Å²) in [5.74, 6) is -0.297. The molecule has 3 nitrogen and oxygen atoms in total. The van der Waals surface area contributed by atoms with Crippen molar-refractivity contribution in [2.75, 3.05) is 11.9 Å². The van der Waals surface area contributed by atoms with E-state index < -0.39 is 0 Å². The van der Waals surface area contributed by atoms with Crippen molar-refractivity contribution in [2.24, 2.45) is 0 Å². The zero-order valence-corrected chi connectivity index (χ0v) is 13.0. The van der Waals surface area contributed by atoms with Crippen LogP contribution in [0.2, 0.25) is 0 Å². The smallest absolute Gasteiger partial charge is 0.338 e. The van der Waals surface area contributed by atoms with E-state index in [1.165, 1.54) is 0 Å². The first kappa shape index (κ1) is 15.8. The van der Waals surface area contributed by atoms with E-state index in [0.717, 1.165) is 23.0 Å². The van der Waals surface area contributed by atoms with Gasteiger partial charge in [0.05, 0.1) is 12.2 Å². The Kier molecular flexibility index (Phi) is 6.64. The number of benzene rings is 1. The summed E-state index contributed by atoms with van der Waals surface area (Å²) < 4.78 is 5.83. The maximum Gasteiger partial charge on any atom is 0.338 e. The van der Waals surface area contributed by atoms with Gasteiger partial charge in [0, 0.05) is 16.2 Å². The first-order chi connectivity index (χ1) is 9.08. The van der Waals surface area contributed by atoms with E-state index in [4.69, 9.17) is 4.74 Å². The highest BCUT2D eigenvalue weighted by Gasteiger charge is 2.10. The quantitative estimate of drug-likeness (QED) is 0.596. The first-order valence-electron chi connectivity index (χ1n) is 6.42. The minimum Gasteiger partial charge on any atom is -0.462 e. The molecule has 1 unspecified atom stereocenters. The Morgan fingerprint density at radius 3 is 2.89 bits per heavy atom. The van der Waals surface area contributed by atoms with Gasteiger partial charge < -0.3 is 10.1 Å². The molecule has 4 heteroatoms. The van der Waals surface area contributed by atoms with E-state index in [9.17, 15) is 4.79 Å². The van der Waals surface area contributed by atoms with Crippen LogP contribution < -0.4 is 5.32 Å². The molecule has 0 aliphatic heterocycles. The highest BCUT2D eigenvalue weighted by molar-refractivity contribution is 9.10. The lowest BCUT2D eigenvalue weighted by Gasteiger charge is -2.16. The summed E-state index contributed by atoms with van der Waals surface area (Å²) in [4.78, 5) is 11.6. The Labute approximate surface area is 123 Å². The maximum atomic E-state index is 11.6. The third-order valence-electron chi connectivity index (χ3n) is 2.69. The first-order valence-corrected chi connectivity index (χ1v) is 7.21. The average molecular weight is 326 g/mol. The molecule has 0 fully saturated rings. The van der Waals surface area contributed by atoms with Gasteiger partial charge >= 0.3 is 5.97 Å². The number of ether oxygens (including phenoxy) is 1. The van der Waals surface area contributed by atoms with Crippen LogP contribution >= 0.6 is 15.9 Å². The zero-order valence-electron chi connectivity index (χ0n) is 11.4. The minimum atomic E-state index is -0.297. The number of rotatable bonds is 7. The molecule has 0 aliphatic rings. The lowest BCUT2D eigenvalue weighted by molar-refractivity contribution is 0.0526. The summed E-state index contributed by atoms with van der Waals surface area (Å²) in [5, 5.41) is 3.40. The number of halogens is 1. The number of carbonyl (C=O) groups is 1. The van der Waals surface area contributed by atoms with Gasteiger partial charge in [0.15, 0.2) is 0 Å².